The van der Waals surface area contributed by atoms with Crippen molar-refractivity contribution in [1.82, 2.24) is 0 Å². The van der Waals surface area contributed by atoms with Gasteiger partial charge in [-0.15, -0.1) is 0 Å². The molecule has 0 heterocycles. The first-order chi connectivity index (χ1) is 5.88. The maximum Gasteiger partial charge on any atom is 0.106 e. The van der Waals surface area contributed by atoms with Crippen LogP contribution in [0, 0.1) is 6.07 Å². The SMILES string of the molecule is CCC(=NOC)c1cc[c]cc1. The number of oxime groups is 1. The number of nitrogens with zero attached hydrogens (tertiary/aromatic N) is 1. The zero-order chi connectivity index (χ0) is 8.81. The molecule has 0 N–H and O–H groups in total. The Bertz CT molecular complexity index is 254. The Labute approximate surface area is 72.9 Å². The molecule has 1 aromatic rings. The minimum absolute atomic E-state index is 0.873. The summed E-state index contributed by atoms with van der Waals surface area (Å²) in [7, 11) is 1.56. The Kier molecular flexibility index (Phi) is 3.33. The lowest BCUT2D eigenvalue weighted by molar-refractivity contribution is 0.213. The van der Waals surface area contributed by atoms with Gasteiger partial charge in [0.15, 0.2) is 0 Å². The van der Waals surface area contributed by atoms with E-state index >= 15 is 0 Å². The Morgan fingerprint density at radius 1 is 1.50 bits per heavy atom. The van der Waals surface area contributed by atoms with Crippen LogP contribution in [0.5, 0.6) is 0 Å². The van der Waals surface area contributed by atoms with Gasteiger partial charge < -0.3 is 4.84 Å². The van der Waals surface area contributed by atoms with Crippen LogP contribution in [0.25, 0.3) is 0 Å². The molecule has 12 heavy (non-hydrogen) atoms. The first-order valence-electron chi connectivity index (χ1n) is 3.95. The molecule has 0 aliphatic rings. The molecule has 0 saturated heterocycles. The normalized spacial score (nSPS) is 11.3. The van der Waals surface area contributed by atoms with Crippen molar-refractivity contribution >= 4 is 5.71 Å². The van der Waals surface area contributed by atoms with Crippen molar-refractivity contribution in [2.45, 2.75) is 13.3 Å². The molecule has 0 saturated carbocycles. The van der Waals surface area contributed by atoms with E-state index in [2.05, 4.69) is 18.1 Å². The lowest BCUT2D eigenvalue weighted by atomic mass is 10.1. The maximum absolute atomic E-state index is 4.73. The molecule has 1 radical (unpaired) electrons. The molecule has 0 aliphatic carbocycles. The first kappa shape index (κ1) is 8.78. The van der Waals surface area contributed by atoms with E-state index in [1.54, 1.807) is 7.11 Å². The smallest absolute Gasteiger partial charge is 0.106 e. The van der Waals surface area contributed by atoms with Gasteiger partial charge in [0, 0.05) is 0 Å². The van der Waals surface area contributed by atoms with Gasteiger partial charge in [-0.05, 0) is 18.1 Å². The fourth-order valence-corrected chi connectivity index (χ4v) is 1.01. The highest BCUT2D eigenvalue weighted by molar-refractivity contribution is 5.99. The number of hydrogen-bond acceptors (Lipinski definition) is 2. The van der Waals surface area contributed by atoms with Crippen molar-refractivity contribution in [3.8, 4) is 0 Å². The molecule has 0 unspecified atom stereocenters. The standard InChI is InChI=1S/C10H12NO/c1-3-10(11-12-2)9-7-5-4-6-8-9/h5-8H,3H2,1-2H3. The Morgan fingerprint density at radius 2 is 2.17 bits per heavy atom. The number of hydrogen-bond donors (Lipinski definition) is 0. The second-order valence-electron chi connectivity index (χ2n) is 2.36. The van der Waals surface area contributed by atoms with Gasteiger partial charge in [0.05, 0.1) is 5.71 Å². The molecule has 63 valence electrons. The summed E-state index contributed by atoms with van der Waals surface area (Å²) in [5, 5.41) is 3.92. The molecule has 1 rings (SSSR count). The minimum Gasteiger partial charge on any atom is -0.399 e. The minimum atomic E-state index is 0.873. The zero-order valence-corrected chi connectivity index (χ0v) is 7.37. The maximum atomic E-state index is 4.73. The van der Waals surface area contributed by atoms with Crippen LogP contribution in [0.3, 0.4) is 0 Å². The molecule has 0 amide bonds. The van der Waals surface area contributed by atoms with Crippen molar-refractivity contribution in [1.29, 1.82) is 0 Å². The van der Waals surface area contributed by atoms with Crippen molar-refractivity contribution in [2.75, 3.05) is 7.11 Å². The highest BCUT2D eigenvalue weighted by Crippen LogP contribution is 2.03. The summed E-state index contributed by atoms with van der Waals surface area (Å²) < 4.78 is 0. The molecular formula is C10H12NO. The number of rotatable bonds is 3. The van der Waals surface area contributed by atoms with Gasteiger partial charge >= 0.3 is 0 Å². The molecule has 0 fully saturated rings. The molecule has 2 nitrogen and oxygen atoms in total. The van der Waals surface area contributed by atoms with E-state index in [0.717, 1.165) is 17.7 Å². The van der Waals surface area contributed by atoms with Crippen LogP contribution in [0.15, 0.2) is 29.4 Å². The van der Waals surface area contributed by atoms with Gasteiger partial charge in [0.25, 0.3) is 0 Å². The Morgan fingerprint density at radius 3 is 2.67 bits per heavy atom. The summed E-state index contributed by atoms with van der Waals surface area (Å²) >= 11 is 0. The van der Waals surface area contributed by atoms with E-state index in [4.69, 9.17) is 4.84 Å². The van der Waals surface area contributed by atoms with E-state index < -0.39 is 0 Å². The summed E-state index contributed by atoms with van der Waals surface area (Å²) in [5.41, 5.74) is 2.06. The van der Waals surface area contributed by atoms with Gasteiger partial charge in [-0.25, -0.2) is 0 Å². The van der Waals surface area contributed by atoms with Crippen LogP contribution in [-0.2, 0) is 4.84 Å². The van der Waals surface area contributed by atoms with E-state index in [-0.39, 0.29) is 0 Å². The second-order valence-corrected chi connectivity index (χ2v) is 2.36. The Balaban J connectivity index is 2.88. The monoisotopic (exact) mass is 162 g/mol. The molecule has 2 heteroatoms. The average Bonchev–Trinajstić information content (AvgIpc) is 2.15. The molecular weight excluding hydrogens is 150 g/mol. The van der Waals surface area contributed by atoms with E-state index in [9.17, 15) is 0 Å². The predicted molar refractivity (Wildman–Crippen MR) is 49.1 cm³/mol. The highest BCUT2D eigenvalue weighted by atomic mass is 16.6. The molecule has 1 aromatic carbocycles. The van der Waals surface area contributed by atoms with Gasteiger partial charge in [0.1, 0.15) is 7.11 Å². The van der Waals surface area contributed by atoms with Crippen LogP contribution in [0.1, 0.15) is 18.9 Å². The van der Waals surface area contributed by atoms with Gasteiger partial charge in [-0.2, -0.15) is 0 Å². The van der Waals surface area contributed by atoms with E-state index in [0.29, 0.717) is 0 Å². The van der Waals surface area contributed by atoms with Gasteiger partial charge in [-0.3, -0.25) is 0 Å². The molecule has 0 bridgehead atoms. The molecule has 0 atom stereocenters. The third kappa shape index (κ3) is 2.09. The lowest BCUT2D eigenvalue weighted by Crippen LogP contribution is -1.98. The van der Waals surface area contributed by atoms with E-state index in [1.807, 2.05) is 24.3 Å². The van der Waals surface area contributed by atoms with Crippen molar-refractivity contribution in [3.05, 3.63) is 35.9 Å². The third-order valence-corrected chi connectivity index (χ3v) is 1.59. The molecule has 0 aliphatic heterocycles. The quantitative estimate of drug-likeness (QED) is 0.493. The first-order valence-corrected chi connectivity index (χ1v) is 3.95. The molecule has 0 aromatic heterocycles. The third-order valence-electron chi connectivity index (χ3n) is 1.59. The summed E-state index contributed by atoms with van der Waals surface area (Å²) in [6.45, 7) is 2.05. The number of benzene rings is 1. The van der Waals surface area contributed by atoms with Crippen molar-refractivity contribution in [3.63, 3.8) is 0 Å². The summed E-state index contributed by atoms with van der Waals surface area (Å²) in [6, 6.07) is 10.6. The van der Waals surface area contributed by atoms with Crippen molar-refractivity contribution in [2.24, 2.45) is 5.16 Å². The highest BCUT2D eigenvalue weighted by Gasteiger charge is 1.98. The fraction of sp³-hybridized carbons (Fsp3) is 0.300. The largest absolute Gasteiger partial charge is 0.399 e. The van der Waals surface area contributed by atoms with Crippen LogP contribution in [0.2, 0.25) is 0 Å². The van der Waals surface area contributed by atoms with Crippen molar-refractivity contribution < 1.29 is 4.84 Å². The Hall–Kier alpha value is -1.31. The summed E-state index contributed by atoms with van der Waals surface area (Å²) in [5.74, 6) is 0. The second kappa shape index (κ2) is 4.54. The zero-order valence-electron chi connectivity index (χ0n) is 7.37. The topological polar surface area (TPSA) is 21.6 Å². The van der Waals surface area contributed by atoms with Gasteiger partial charge in [-0.1, -0.05) is 36.3 Å². The van der Waals surface area contributed by atoms with Gasteiger partial charge in [0.2, 0.25) is 0 Å². The van der Waals surface area contributed by atoms with Crippen LogP contribution in [-0.4, -0.2) is 12.8 Å². The fourth-order valence-electron chi connectivity index (χ4n) is 1.01. The molecule has 0 spiro atoms. The summed E-state index contributed by atoms with van der Waals surface area (Å²) in [4.78, 5) is 4.73. The van der Waals surface area contributed by atoms with E-state index in [1.165, 1.54) is 0 Å². The van der Waals surface area contributed by atoms with Crippen LogP contribution < -0.4 is 0 Å². The van der Waals surface area contributed by atoms with Crippen LogP contribution >= 0.6 is 0 Å². The van der Waals surface area contributed by atoms with Crippen LogP contribution in [0.4, 0.5) is 0 Å². The lowest BCUT2D eigenvalue weighted by Gasteiger charge is -2.00. The predicted octanol–water partition coefficient (Wildman–Crippen LogP) is 2.25. The summed E-state index contributed by atoms with van der Waals surface area (Å²) in [6.07, 6.45) is 0.873. The average molecular weight is 162 g/mol.